The summed E-state index contributed by atoms with van der Waals surface area (Å²) in [5, 5.41) is 24.6. The molecule has 0 atom stereocenters. The average Bonchev–Trinajstić information content (AvgIpc) is 3.06. The second-order valence-corrected chi connectivity index (χ2v) is 6.55. The summed E-state index contributed by atoms with van der Waals surface area (Å²) in [7, 11) is 0. The summed E-state index contributed by atoms with van der Waals surface area (Å²) in [6, 6.07) is 20.5. The molecule has 0 saturated carbocycles. The first-order valence-electron chi connectivity index (χ1n) is 8.53. The third kappa shape index (κ3) is 3.58. The molecule has 0 radical (unpaired) electrons. The molecule has 0 amide bonds. The molecule has 0 aliphatic heterocycles. The molecule has 8 heteroatoms. The third-order valence-electron chi connectivity index (χ3n) is 4.37. The fourth-order valence-electron chi connectivity index (χ4n) is 2.98. The van der Waals surface area contributed by atoms with Crippen LogP contribution in [0.2, 0.25) is 0 Å². The van der Waals surface area contributed by atoms with Crippen LogP contribution >= 0.6 is 12.2 Å². The number of nitro benzene ring substituents is 1. The highest BCUT2D eigenvalue weighted by Gasteiger charge is 2.09. The van der Waals surface area contributed by atoms with Crippen LogP contribution in [0.4, 0.5) is 5.69 Å². The van der Waals surface area contributed by atoms with E-state index in [-0.39, 0.29) is 5.69 Å². The number of non-ortho nitro benzene ring substituents is 1. The van der Waals surface area contributed by atoms with Gasteiger partial charge in [-0.2, -0.15) is 14.9 Å². The lowest BCUT2D eigenvalue weighted by molar-refractivity contribution is -0.384. The molecule has 3 aromatic carbocycles. The lowest BCUT2D eigenvalue weighted by Crippen LogP contribution is -2.01. The van der Waals surface area contributed by atoms with Gasteiger partial charge in [0.2, 0.25) is 4.77 Å². The quantitative estimate of drug-likeness (QED) is 0.236. The number of nitrogens with zero attached hydrogens (tertiary/aromatic N) is 4. The maximum Gasteiger partial charge on any atom is 0.269 e. The van der Waals surface area contributed by atoms with Gasteiger partial charge in [-0.3, -0.25) is 15.2 Å². The molecule has 1 N–H and O–H groups in total. The highest BCUT2D eigenvalue weighted by atomic mass is 32.1. The molecule has 0 fully saturated rings. The molecule has 4 aromatic rings. The van der Waals surface area contributed by atoms with E-state index in [1.165, 1.54) is 12.1 Å². The molecule has 0 aliphatic carbocycles. The number of benzene rings is 3. The van der Waals surface area contributed by atoms with Crippen molar-refractivity contribution in [3.05, 3.63) is 98.6 Å². The molecule has 1 heterocycles. The fraction of sp³-hybridized carbons (Fsp3) is 0.0500. The van der Waals surface area contributed by atoms with Crippen molar-refractivity contribution in [3.63, 3.8) is 0 Å². The van der Waals surface area contributed by atoms with Crippen LogP contribution in [0.5, 0.6) is 0 Å². The first kappa shape index (κ1) is 17.7. The second-order valence-electron chi connectivity index (χ2n) is 6.17. The van der Waals surface area contributed by atoms with E-state index in [4.69, 9.17) is 12.2 Å². The summed E-state index contributed by atoms with van der Waals surface area (Å²) in [6.45, 7) is 0. The third-order valence-corrected chi connectivity index (χ3v) is 4.64. The first-order chi connectivity index (χ1) is 13.6. The Kier molecular flexibility index (Phi) is 4.77. The Morgan fingerprint density at radius 2 is 1.86 bits per heavy atom. The summed E-state index contributed by atoms with van der Waals surface area (Å²) in [5.41, 5.74) is 1.89. The van der Waals surface area contributed by atoms with E-state index >= 15 is 0 Å². The minimum Gasteiger partial charge on any atom is -0.258 e. The van der Waals surface area contributed by atoms with Gasteiger partial charge in [-0.15, -0.1) is 0 Å². The van der Waals surface area contributed by atoms with Crippen molar-refractivity contribution in [1.82, 2.24) is 14.9 Å². The molecular weight excluding hydrogens is 374 g/mol. The molecule has 0 unspecified atom stereocenters. The second kappa shape index (κ2) is 7.53. The summed E-state index contributed by atoms with van der Waals surface area (Å²) in [6.07, 6.45) is 2.16. The smallest absolute Gasteiger partial charge is 0.258 e. The maximum absolute atomic E-state index is 10.8. The fourth-order valence-corrected chi connectivity index (χ4v) is 3.18. The largest absolute Gasteiger partial charge is 0.269 e. The van der Waals surface area contributed by atoms with E-state index in [0.29, 0.717) is 17.0 Å². The van der Waals surface area contributed by atoms with Gasteiger partial charge >= 0.3 is 0 Å². The summed E-state index contributed by atoms with van der Waals surface area (Å²) in [4.78, 5) is 10.3. The highest BCUT2D eigenvalue weighted by Crippen LogP contribution is 2.21. The Morgan fingerprint density at radius 3 is 2.64 bits per heavy atom. The van der Waals surface area contributed by atoms with Gasteiger partial charge < -0.3 is 0 Å². The van der Waals surface area contributed by atoms with Crippen molar-refractivity contribution >= 4 is 34.9 Å². The van der Waals surface area contributed by atoms with Crippen LogP contribution in [-0.4, -0.2) is 26.0 Å². The number of hydrogen-bond acceptors (Lipinski definition) is 5. The molecule has 4 rings (SSSR count). The molecule has 28 heavy (non-hydrogen) atoms. The Hall–Kier alpha value is -3.65. The van der Waals surface area contributed by atoms with Gasteiger partial charge in [0.1, 0.15) is 0 Å². The number of rotatable bonds is 5. The summed E-state index contributed by atoms with van der Waals surface area (Å²) < 4.78 is 1.95. The normalized spacial score (nSPS) is 11.3. The molecule has 0 bridgehead atoms. The zero-order valence-electron chi connectivity index (χ0n) is 14.6. The van der Waals surface area contributed by atoms with Gasteiger partial charge in [0.05, 0.1) is 11.1 Å². The van der Waals surface area contributed by atoms with Crippen LogP contribution < -0.4 is 0 Å². The Bertz CT molecular complexity index is 1240. The molecule has 0 aliphatic rings. The Labute approximate surface area is 165 Å². The van der Waals surface area contributed by atoms with Crippen molar-refractivity contribution in [3.8, 4) is 0 Å². The molecular formula is C20H15N5O2S. The van der Waals surface area contributed by atoms with E-state index < -0.39 is 4.92 Å². The number of fused-ring (bicyclic) bond motifs is 1. The van der Waals surface area contributed by atoms with Crippen molar-refractivity contribution in [2.45, 2.75) is 6.42 Å². The SMILES string of the molecule is O=[N+]([O-])c1ccc(/C=N\n2c(Cc3cccc4ccccc34)n[nH]c2=S)cc1. The van der Waals surface area contributed by atoms with E-state index in [0.717, 1.165) is 21.9 Å². The molecule has 0 saturated heterocycles. The number of nitrogens with one attached hydrogen (secondary N) is 1. The van der Waals surface area contributed by atoms with Crippen LogP contribution in [0.15, 0.2) is 71.8 Å². The summed E-state index contributed by atoms with van der Waals surface area (Å²) >= 11 is 5.30. The van der Waals surface area contributed by atoms with Crippen LogP contribution in [-0.2, 0) is 6.42 Å². The minimum atomic E-state index is -0.435. The standard InChI is InChI=1S/C20H15N5O2S/c26-25(27)17-10-8-14(9-11-17)13-21-24-19(22-23-20(24)28)12-16-6-3-5-15-4-1-2-7-18(15)16/h1-11,13H,12H2,(H,23,28)/b21-13-. The highest BCUT2D eigenvalue weighted by molar-refractivity contribution is 7.71. The number of aromatic nitrogens is 3. The van der Waals surface area contributed by atoms with Crippen molar-refractivity contribution in [1.29, 1.82) is 0 Å². The van der Waals surface area contributed by atoms with Crippen LogP contribution in [0.25, 0.3) is 10.8 Å². The lowest BCUT2D eigenvalue weighted by Gasteiger charge is -2.06. The van der Waals surface area contributed by atoms with Crippen LogP contribution in [0.3, 0.4) is 0 Å². The average molecular weight is 389 g/mol. The molecule has 7 nitrogen and oxygen atoms in total. The van der Waals surface area contributed by atoms with Crippen LogP contribution in [0.1, 0.15) is 17.0 Å². The van der Waals surface area contributed by atoms with Crippen molar-refractivity contribution < 1.29 is 4.92 Å². The van der Waals surface area contributed by atoms with Gasteiger partial charge in [-0.1, -0.05) is 42.5 Å². The van der Waals surface area contributed by atoms with Gasteiger partial charge in [-0.25, -0.2) is 0 Å². The van der Waals surface area contributed by atoms with E-state index in [2.05, 4.69) is 39.6 Å². The van der Waals surface area contributed by atoms with E-state index in [9.17, 15) is 10.1 Å². The van der Waals surface area contributed by atoms with Crippen molar-refractivity contribution in [2.75, 3.05) is 0 Å². The predicted molar refractivity (Wildman–Crippen MR) is 110 cm³/mol. The van der Waals surface area contributed by atoms with E-state index in [1.54, 1.807) is 23.0 Å². The topological polar surface area (TPSA) is 89.1 Å². The maximum atomic E-state index is 10.8. The minimum absolute atomic E-state index is 0.0358. The number of H-pyrrole nitrogens is 1. The zero-order valence-corrected chi connectivity index (χ0v) is 15.5. The van der Waals surface area contributed by atoms with E-state index in [1.807, 2.05) is 18.2 Å². The Morgan fingerprint density at radius 1 is 1.11 bits per heavy atom. The Balaban J connectivity index is 1.64. The molecule has 0 spiro atoms. The van der Waals surface area contributed by atoms with Crippen molar-refractivity contribution in [2.24, 2.45) is 5.10 Å². The molecule has 138 valence electrons. The zero-order chi connectivity index (χ0) is 19.5. The number of nitro groups is 1. The number of aromatic amines is 1. The van der Waals surface area contributed by atoms with Gasteiger partial charge in [0, 0.05) is 18.6 Å². The van der Waals surface area contributed by atoms with Gasteiger partial charge in [0.15, 0.2) is 5.82 Å². The molecule has 1 aromatic heterocycles. The van der Waals surface area contributed by atoms with Gasteiger partial charge in [0.25, 0.3) is 5.69 Å². The monoisotopic (exact) mass is 389 g/mol. The summed E-state index contributed by atoms with van der Waals surface area (Å²) in [5.74, 6) is 0.680. The number of hydrogen-bond donors (Lipinski definition) is 1. The van der Waals surface area contributed by atoms with Gasteiger partial charge in [-0.05, 0) is 46.2 Å². The first-order valence-corrected chi connectivity index (χ1v) is 8.94. The van der Waals surface area contributed by atoms with Crippen LogP contribution in [0, 0.1) is 14.9 Å². The predicted octanol–water partition coefficient (Wildman–Crippen LogP) is 4.48. The lowest BCUT2D eigenvalue weighted by atomic mass is 10.0.